The van der Waals surface area contributed by atoms with Gasteiger partial charge in [0.1, 0.15) is 6.61 Å². The van der Waals surface area contributed by atoms with Crippen LogP contribution in [-0.4, -0.2) is 18.0 Å². The first-order valence-electron chi connectivity index (χ1n) is 6.96. The molecule has 0 radical (unpaired) electrons. The maximum Gasteiger partial charge on any atom is 0.309 e. The Labute approximate surface area is 119 Å². The molecule has 1 aliphatic rings. The van der Waals surface area contributed by atoms with E-state index in [1.165, 1.54) is 0 Å². The molecule has 4 N–H and O–H groups in total. The minimum atomic E-state index is -0.116. The van der Waals surface area contributed by atoms with Gasteiger partial charge in [0.25, 0.3) is 0 Å². The van der Waals surface area contributed by atoms with E-state index in [9.17, 15) is 4.79 Å². The molecule has 20 heavy (non-hydrogen) atoms. The highest BCUT2D eigenvalue weighted by Gasteiger charge is 2.27. The number of carbonyl (C=O) groups is 1. The molecule has 1 aliphatic carbocycles. The summed E-state index contributed by atoms with van der Waals surface area (Å²) in [4.78, 5) is 12.0. The lowest BCUT2D eigenvalue weighted by Gasteiger charge is -2.27. The van der Waals surface area contributed by atoms with Crippen LogP contribution in [-0.2, 0) is 16.1 Å². The van der Waals surface area contributed by atoms with Crippen LogP contribution in [0.2, 0.25) is 0 Å². The Morgan fingerprint density at radius 1 is 1.25 bits per heavy atom. The third kappa shape index (κ3) is 4.26. The van der Waals surface area contributed by atoms with Gasteiger partial charge < -0.3 is 15.8 Å². The van der Waals surface area contributed by atoms with Crippen LogP contribution in [0.25, 0.3) is 0 Å². The van der Waals surface area contributed by atoms with Gasteiger partial charge in [0.05, 0.1) is 5.92 Å². The van der Waals surface area contributed by atoms with Gasteiger partial charge in [-0.3, -0.25) is 10.2 Å². The van der Waals surface area contributed by atoms with E-state index in [0.717, 1.165) is 31.2 Å². The van der Waals surface area contributed by atoms with Gasteiger partial charge in [-0.15, -0.1) is 0 Å². The van der Waals surface area contributed by atoms with Gasteiger partial charge in [-0.25, -0.2) is 0 Å². The number of hydrogen-bond donors (Lipinski definition) is 3. The molecule has 1 fully saturated rings. The summed E-state index contributed by atoms with van der Waals surface area (Å²) in [6, 6.07) is 9.91. The second kappa shape index (κ2) is 6.93. The molecule has 0 aliphatic heterocycles. The van der Waals surface area contributed by atoms with Crippen LogP contribution >= 0.6 is 0 Å². The Bertz CT molecular complexity index is 453. The van der Waals surface area contributed by atoms with Crippen LogP contribution in [0, 0.1) is 11.3 Å². The van der Waals surface area contributed by atoms with E-state index in [0.29, 0.717) is 6.61 Å². The summed E-state index contributed by atoms with van der Waals surface area (Å²) in [5.41, 5.74) is 6.32. The van der Waals surface area contributed by atoms with E-state index in [-0.39, 0.29) is 23.9 Å². The second-order valence-corrected chi connectivity index (χ2v) is 5.20. The van der Waals surface area contributed by atoms with Crippen molar-refractivity contribution in [2.24, 2.45) is 11.7 Å². The molecule has 5 heteroatoms. The molecule has 0 unspecified atom stereocenters. The first kappa shape index (κ1) is 14.4. The van der Waals surface area contributed by atoms with Crippen LogP contribution in [0.5, 0.6) is 0 Å². The zero-order valence-corrected chi connectivity index (χ0v) is 11.5. The monoisotopic (exact) mass is 275 g/mol. The summed E-state index contributed by atoms with van der Waals surface area (Å²) in [6.45, 7) is 0.339. The lowest BCUT2D eigenvalue weighted by atomic mass is 9.86. The third-order valence-corrected chi connectivity index (χ3v) is 3.64. The molecule has 0 atom stereocenters. The third-order valence-electron chi connectivity index (χ3n) is 3.64. The number of esters is 1. The van der Waals surface area contributed by atoms with Crippen molar-refractivity contribution >= 4 is 11.9 Å². The van der Waals surface area contributed by atoms with Crippen molar-refractivity contribution in [2.45, 2.75) is 38.3 Å². The molecule has 0 amide bonds. The molecule has 108 valence electrons. The number of nitrogens with one attached hydrogen (secondary N) is 2. The number of guanidine groups is 1. The first-order valence-corrected chi connectivity index (χ1v) is 6.96. The van der Waals surface area contributed by atoms with E-state index in [1.54, 1.807) is 0 Å². The number of hydrogen-bond acceptors (Lipinski definition) is 3. The fraction of sp³-hybridized carbons (Fsp3) is 0.467. The molecule has 1 aromatic rings. The van der Waals surface area contributed by atoms with Gasteiger partial charge in [0.15, 0.2) is 5.96 Å². The highest BCUT2D eigenvalue weighted by molar-refractivity contribution is 5.75. The van der Waals surface area contributed by atoms with Gasteiger partial charge >= 0.3 is 5.97 Å². The Balaban J connectivity index is 1.73. The van der Waals surface area contributed by atoms with Crippen LogP contribution < -0.4 is 11.1 Å². The average Bonchev–Trinajstić information content (AvgIpc) is 2.46. The van der Waals surface area contributed by atoms with Crippen molar-refractivity contribution in [1.29, 1.82) is 5.41 Å². The molecule has 0 bridgehead atoms. The van der Waals surface area contributed by atoms with Gasteiger partial charge in [0.2, 0.25) is 0 Å². The van der Waals surface area contributed by atoms with Gasteiger partial charge in [-0.2, -0.15) is 0 Å². The minimum Gasteiger partial charge on any atom is -0.461 e. The summed E-state index contributed by atoms with van der Waals surface area (Å²) in [5, 5.41) is 10.1. The fourth-order valence-electron chi connectivity index (χ4n) is 2.54. The predicted molar refractivity (Wildman–Crippen MR) is 77.0 cm³/mol. The molecule has 0 aromatic heterocycles. The van der Waals surface area contributed by atoms with Gasteiger partial charge in [-0.05, 0) is 31.2 Å². The van der Waals surface area contributed by atoms with Gasteiger partial charge in [0, 0.05) is 6.04 Å². The van der Waals surface area contributed by atoms with Crippen LogP contribution in [0.3, 0.4) is 0 Å². The molecular formula is C15H21N3O2. The smallest absolute Gasteiger partial charge is 0.309 e. The quantitative estimate of drug-likeness (QED) is 0.444. The van der Waals surface area contributed by atoms with E-state index in [2.05, 4.69) is 5.32 Å². The zero-order chi connectivity index (χ0) is 14.4. The predicted octanol–water partition coefficient (Wildman–Crippen LogP) is 1.77. The van der Waals surface area contributed by atoms with Crippen molar-refractivity contribution in [2.75, 3.05) is 0 Å². The molecule has 1 saturated carbocycles. The topological polar surface area (TPSA) is 88.2 Å². The van der Waals surface area contributed by atoms with Crippen LogP contribution in [0.4, 0.5) is 0 Å². The number of rotatable bonds is 4. The molecular weight excluding hydrogens is 254 g/mol. The minimum absolute atomic E-state index is 0.0000964. The molecule has 0 heterocycles. The number of benzene rings is 1. The highest BCUT2D eigenvalue weighted by atomic mass is 16.5. The Hall–Kier alpha value is -2.04. The fourth-order valence-corrected chi connectivity index (χ4v) is 2.54. The Morgan fingerprint density at radius 3 is 2.50 bits per heavy atom. The first-order chi connectivity index (χ1) is 9.65. The summed E-state index contributed by atoms with van der Waals surface area (Å²) < 4.78 is 5.36. The summed E-state index contributed by atoms with van der Waals surface area (Å²) in [7, 11) is 0. The number of carbonyl (C=O) groups excluding carboxylic acids is 1. The summed E-state index contributed by atoms with van der Waals surface area (Å²) in [5.74, 6) is -0.140. The van der Waals surface area contributed by atoms with Crippen molar-refractivity contribution in [3.05, 3.63) is 35.9 Å². The summed E-state index contributed by atoms with van der Waals surface area (Å²) in [6.07, 6.45) is 3.28. The van der Waals surface area contributed by atoms with Crippen molar-refractivity contribution < 1.29 is 9.53 Å². The van der Waals surface area contributed by atoms with Crippen molar-refractivity contribution in [1.82, 2.24) is 5.32 Å². The van der Waals surface area contributed by atoms with E-state index >= 15 is 0 Å². The Kier molecular flexibility index (Phi) is 4.98. The second-order valence-electron chi connectivity index (χ2n) is 5.20. The van der Waals surface area contributed by atoms with Crippen molar-refractivity contribution in [3.63, 3.8) is 0 Å². The van der Waals surface area contributed by atoms with Gasteiger partial charge in [-0.1, -0.05) is 30.3 Å². The molecule has 0 spiro atoms. The van der Waals surface area contributed by atoms with Crippen molar-refractivity contribution in [3.8, 4) is 0 Å². The zero-order valence-electron chi connectivity index (χ0n) is 11.5. The maximum atomic E-state index is 12.0. The van der Waals surface area contributed by atoms with E-state index in [4.69, 9.17) is 15.9 Å². The molecule has 5 nitrogen and oxygen atoms in total. The highest BCUT2D eigenvalue weighted by Crippen LogP contribution is 2.25. The number of ether oxygens (including phenoxy) is 1. The van der Waals surface area contributed by atoms with Crippen LogP contribution in [0.1, 0.15) is 31.2 Å². The molecule has 0 saturated heterocycles. The van der Waals surface area contributed by atoms with E-state index in [1.807, 2.05) is 30.3 Å². The van der Waals surface area contributed by atoms with E-state index < -0.39 is 0 Å². The molecule has 1 aromatic carbocycles. The molecule has 2 rings (SSSR count). The number of nitrogens with two attached hydrogens (primary N) is 1. The Morgan fingerprint density at radius 2 is 1.90 bits per heavy atom. The SMILES string of the molecule is N=C(N)NC1CCC(C(=O)OCc2ccccc2)CC1. The lowest BCUT2D eigenvalue weighted by Crippen LogP contribution is -2.42. The summed E-state index contributed by atoms with van der Waals surface area (Å²) >= 11 is 0. The van der Waals surface area contributed by atoms with Crippen LogP contribution in [0.15, 0.2) is 30.3 Å². The largest absolute Gasteiger partial charge is 0.461 e. The normalized spacial score (nSPS) is 22.0. The lowest BCUT2D eigenvalue weighted by molar-refractivity contribution is -0.151. The average molecular weight is 275 g/mol. The maximum absolute atomic E-state index is 12.0. The standard InChI is InChI=1S/C15H21N3O2/c16-15(17)18-13-8-6-12(7-9-13)14(19)20-10-11-4-2-1-3-5-11/h1-5,12-13H,6-10H2,(H4,16,17,18).